The molecule has 0 unspecified atom stereocenters. The number of hydrogen-bond acceptors (Lipinski definition) is 4. The minimum Gasteiger partial charge on any atom is -0.444 e. The maximum Gasteiger partial charge on any atom is 0.407 e. The van der Waals surface area contributed by atoms with E-state index in [1.54, 1.807) is 20.8 Å². The summed E-state index contributed by atoms with van der Waals surface area (Å²) in [6, 6.07) is 0. The van der Waals surface area contributed by atoms with E-state index >= 15 is 0 Å². The van der Waals surface area contributed by atoms with Gasteiger partial charge in [-0.05, 0) is 20.8 Å². The summed E-state index contributed by atoms with van der Waals surface area (Å²) in [5.41, 5.74) is -0.498. The molecule has 0 radical (unpaired) electrons. The summed E-state index contributed by atoms with van der Waals surface area (Å²) in [4.78, 5) is 11.0. The van der Waals surface area contributed by atoms with E-state index < -0.39 is 11.7 Å². The predicted molar refractivity (Wildman–Crippen MR) is 47.8 cm³/mol. The number of carbonyl (C=O) groups excluding carboxylic acids is 1. The Morgan fingerprint density at radius 3 is 2.54 bits per heavy atom. The first-order valence-corrected chi connectivity index (χ1v) is 4.60. The summed E-state index contributed by atoms with van der Waals surface area (Å²) in [5.74, 6) is 0. The quantitative estimate of drug-likeness (QED) is 0.563. The minimum absolute atomic E-state index is 0.199. The second-order valence-electron chi connectivity index (χ2n) is 3.34. The second kappa shape index (κ2) is 5.89. The van der Waals surface area contributed by atoms with Crippen LogP contribution in [0, 0.1) is 0 Å². The lowest BCUT2D eigenvalue weighted by Gasteiger charge is -2.19. The third-order valence-electron chi connectivity index (χ3n) is 0.914. The summed E-state index contributed by atoms with van der Waals surface area (Å²) in [5, 5.41) is 2.44. The van der Waals surface area contributed by atoms with Crippen molar-refractivity contribution in [1.82, 2.24) is 5.32 Å². The average Bonchev–Trinajstić information content (AvgIpc) is 1.94. The van der Waals surface area contributed by atoms with Crippen molar-refractivity contribution in [3.63, 3.8) is 0 Å². The highest BCUT2D eigenvalue weighted by molar-refractivity contribution is 7.17. The molecular formula is C7H14NO4P. The molecule has 0 rings (SSSR count). The van der Waals surface area contributed by atoms with Gasteiger partial charge in [-0.2, -0.15) is 0 Å². The molecule has 0 aliphatic heterocycles. The maximum atomic E-state index is 11.0. The monoisotopic (exact) mass is 207 g/mol. The van der Waals surface area contributed by atoms with Gasteiger partial charge in [0.2, 0.25) is 0 Å². The molecule has 13 heavy (non-hydrogen) atoms. The van der Waals surface area contributed by atoms with E-state index in [9.17, 15) is 9.36 Å². The van der Waals surface area contributed by atoms with Crippen LogP contribution in [0.2, 0.25) is 0 Å². The highest BCUT2D eigenvalue weighted by Crippen LogP contribution is 2.06. The smallest absolute Gasteiger partial charge is 0.407 e. The molecule has 0 aromatic rings. The summed E-state index contributed by atoms with van der Waals surface area (Å²) >= 11 is 0. The van der Waals surface area contributed by atoms with Crippen LogP contribution in [0.3, 0.4) is 0 Å². The first-order valence-electron chi connectivity index (χ1n) is 3.87. The molecule has 0 saturated carbocycles. The average molecular weight is 207 g/mol. The van der Waals surface area contributed by atoms with Gasteiger partial charge in [0.05, 0.1) is 6.61 Å². The lowest BCUT2D eigenvalue weighted by atomic mass is 10.2. The van der Waals surface area contributed by atoms with Gasteiger partial charge in [0.1, 0.15) is 5.60 Å². The van der Waals surface area contributed by atoms with Crippen molar-refractivity contribution in [2.75, 3.05) is 13.2 Å². The predicted octanol–water partition coefficient (Wildman–Crippen LogP) is 1.73. The van der Waals surface area contributed by atoms with Gasteiger partial charge in [-0.3, -0.25) is 4.52 Å². The Morgan fingerprint density at radius 1 is 1.46 bits per heavy atom. The van der Waals surface area contributed by atoms with Crippen molar-refractivity contribution >= 4 is 14.8 Å². The van der Waals surface area contributed by atoms with E-state index in [1.807, 2.05) is 0 Å². The number of rotatable bonds is 4. The Kier molecular flexibility index (Phi) is 5.58. The molecule has 76 valence electrons. The Hall–Kier alpha value is -0.670. The Labute approximate surface area is 79.1 Å². The standard InChI is InChI=1S/C7H14NO4P/c1-7(2,3)12-6(9)8-4-5-11-13-10/h4-5H2,1-3H3,(H,8,9). The number of carbonyl (C=O) groups is 1. The van der Waals surface area contributed by atoms with Gasteiger partial charge in [-0.25, -0.2) is 9.36 Å². The molecule has 0 saturated heterocycles. The molecule has 6 heteroatoms. The zero-order chi connectivity index (χ0) is 10.3. The van der Waals surface area contributed by atoms with E-state index in [-0.39, 0.29) is 21.8 Å². The lowest BCUT2D eigenvalue weighted by molar-refractivity contribution is 0.0521. The summed E-state index contributed by atoms with van der Waals surface area (Å²) in [7, 11) is -0.383. The fourth-order valence-corrected chi connectivity index (χ4v) is 0.716. The van der Waals surface area contributed by atoms with Crippen molar-refractivity contribution in [3.05, 3.63) is 0 Å². The van der Waals surface area contributed by atoms with Crippen LogP contribution in [-0.2, 0) is 13.8 Å². The normalized spacial score (nSPS) is 11.3. The number of hydrogen-bond donors (Lipinski definition) is 1. The van der Waals surface area contributed by atoms with Crippen LogP contribution in [0.4, 0.5) is 4.79 Å². The molecule has 0 atom stereocenters. The molecule has 0 aliphatic carbocycles. The van der Waals surface area contributed by atoms with Crippen molar-refractivity contribution < 1.29 is 18.6 Å². The van der Waals surface area contributed by atoms with E-state index in [2.05, 4.69) is 9.84 Å². The van der Waals surface area contributed by atoms with Crippen molar-refractivity contribution in [1.29, 1.82) is 0 Å². The molecule has 0 aromatic heterocycles. The van der Waals surface area contributed by atoms with Gasteiger partial charge >= 0.3 is 14.8 Å². The topological polar surface area (TPSA) is 64.6 Å². The van der Waals surface area contributed by atoms with Crippen LogP contribution in [0.15, 0.2) is 0 Å². The van der Waals surface area contributed by atoms with Gasteiger partial charge in [0.15, 0.2) is 0 Å². The third-order valence-corrected chi connectivity index (χ3v) is 1.20. The zero-order valence-corrected chi connectivity index (χ0v) is 8.89. The summed E-state index contributed by atoms with van der Waals surface area (Å²) in [6.45, 7) is 5.81. The minimum atomic E-state index is -0.501. The van der Waals surface area contributed by atoms with Crippen LogP contribution < -0.4 is 5.32 Å². The van der Waals surface area contributed by atoms with Crippen molar-refractivity contribution in [2.24, 2.45) is 0 Å². The van der Waals surface area contributed by atoms with Gasteiger partial charge in [-0.15, -0.1) is 0 Å². The van der Waals surface area contributed by atoms with Crippen LogP contribution in [0.25, 0.3) is 0 Å². The first kappa shape index (κ1) is 12.3. The molecule has 0 spiro atoms. The van der Waals surface area contributed by atoms with Gasteiger partial charge in [0.25, 0.3) is 0 Å². The molecule has 0 fully saturated rings. The molecule has 5 nitrogen and oxygen atoms in total. The Bertz CT molecular complexity index is 178. The van der Waals surface area contributed by atoms with Crippen LogP contribution >= 0.6 is 8.69 Å². The lowest BCUT2D eigenvalue weighted by Crippen LogP contribution is -2.34. The Morgan fingerprint density at radius 2 is 2.08 bits per heavy atom. The molecular weight excluding hydrogens is 193 g/mol. The van der Waals surface area contributed by atoms with Crippen LogP contribution in [-0.4, -0.2) is 24.8 Å². The molecule has 0 bridgehead atoms. The van der Waals surface area contributed by atoms with E-state index in [0.29, 0.717) is 0 Å². The molecule has 1 amide bonds. The number of nitrogens with one attached hydrogen (secondary N) is 1. The maximum absolute atomic E-state index is 11.0. The van der Waals surface area contributed by atoms with E-state index in [4.69, 9.17) is 4.74 Å². The largest absolute Gasteiger partial charge is 0.444 e. The third kappa shape index (κ3) is 9.24. The molecule has 1 N–H and O–H groups in total. The summed E-state index contributed by atoms with van der Waals surface area (Å²) in [6.07, 6.45) is -0.501. The van der Waals surface area contributed by atoms with Crippen LogP contribution in [0.1, 0.15) is 20.8 Å². The number of amides is 1. The van der Waals surface area contributed by atoms with Crippen molar-refractivity contribution in [3.8, 4) is 0 Å². The fourth-order valence-electron chi connectivity index (χ4n) is 0.550. The van der Waals surface area contributed by atoms with Crippen LogP contribution in [0.5, 0.6) is 0 Å². The zero-order valence-electron chi connectivity index (χ0n) is 7.99. The first-order chi connectivity index (χ1) is 5.95. The SMILES string of the molecule is CC(C)(C)OC(=O)NCCOP=O. The molecule has 0 aromatic carbocycles. The van der Waals surface area contributed by atoms with E-state index in [0.717, 1.165) is 0 Å². The summed E-state index contributed by atoms with van der Waals surface area (Å²) < 4.78 is 19.2. The highest BCUT2D eigenvalue weighted by atomic mass is 31.1. The highest BCUT2D eigenvalue weighted by Gasteiger charge is 2.15. The fraction of sp³-hybridized carbons (Fsp3) is 0.857. The van der Waals surface area contributed by atoms with Crippen molar-refractivity contribution in [2.45, 2.75) is 26.4 Å². The molecule has 0 aliphatic rings. The van der Waals surface area contributed by atoms with Gasteiger partial charge < -0.3 is 10.1 Å². The van der Waals surface area contributed by atoms with Gasteiger partial charge in [0, 0.05) is 6.54 Å². The van der Waals surface area contributed by atoms with E-state index in [1.165, 1.54) is 0 Å². The Balaban J connectivity index is 3.47. The molecule has 0 heterocycles. The number of ether oxygens (including phenoxy) is 1. The van der Waals surface area contributed by atoms with Gasteiger partial charge in [-0.1, -0.05) is 0 Å². The second-order valence-corrected chi connectivity index (χ2v) is 3.74. The number of alkyl carbamates (subject to hydrolysis) is 1.